The van der Waals surface area contributed by atoms with Gasteiger partial charge in [0.1, 0.15) is 18.3 Å². The predicted octanol–water partition coefficient (Wildman–Crippen LogP) is 4.66. The standard InChI is InChI=1S/C28H40ClNO6/c1-16(2)23-8-20-9-26(14-31)22-7-6-17(3)21(22)10-27(20,28(23,26)25(32)33)15-34-24-12-30(11-19(5)36-24)35-13-18(4)29/h8,14,16-17,19-22,24H,4,6-7,9-13,15H2,1-3,5H3,(H,32,33)/t17-,19-,20+,21-,22-,24-,26-,27+,28+/m1/s1. The first-order chi connectivity index (χ1) is 17.0. The summed E-state index contributed by atoms with van der Waals surface area (Å²) in [7, 11) is 0. The van der Waals surface area contributed by atoms with E-state index in [1.54, 1.807) is 5.06 Å². The van der Waals surface area contributed by atoms with E-state index in [4.69, 9.17) is 25.9 Å². The van der Waals surface area contributed by atoms with E-state index < -0.39 is 28.5 Å². The lowest BCUT2D eigenvalue weighted by molar-refractivity contribution is -0.289. The number of carbonyl (C=O) groups excluding carboxylic acids is 1. The summed E-state index contributed by atoms with van der Waals surface area (Å²) in [4.78, 5) is 32.4. The zero-order valence-electron chi connectivity index (χ0n) is 21.9. The fraction of sp³-hybridized carbons (Fsp3) is 0.786. The third kappa shape index (κ3) is 3.46. The fourth-order valence-corrected chi connectivity index (χ4v) is 9.16. The van der Waals surface area contributed by atoms with E-state index in [1.807, 2.05) is 6.92 Å². The number of hydrogen-bond donors (Lipinski definition) is 1. The molecule has 0 unspecified atom stereocenters. The molecule has 0 radical (unpaired) electrons. The molecule has 4 fully saturated rings. The first-order valence-corrected chi connectivity index (χ1v) is 13.8. The highest BCUT2D eigenvalue weighted by molar-refractivity contribution is 6.29. The maximum Gasteiger partial charge on any atom is 0.315 e. The molecule has 200 valence electrons. The third-order valence-corrected chi connectivity index (χ3v) is 10.4. The van der Waals surface area contributed by atoms with Crippen molar-refractivity contribution in [3.63, 3.8) is 0 Å². The summed E-state index contributed by atoms with van der Waals surface area (Å²) in [6.07, 6.45) is 5.90. The van der Waals surface area contributed by atoms with Gasteiger partial charge >= 0.3 is 5.97 Å². The van der Waals surface area contributed by atoms with Crippen LogP contribution in [0.5, 0.6) is 0 Å². The number of rotatable bonds is 9. The van der Waals surface area contributed by atoms with Crippen molar-refractivity contribution >= 4 is 23.9 Å². The number of carboxylic acids is 1. The van der Waals surface area contributed by atoms with Gasteiger partial charge < -0.3 is 19.4 Å². The predicted molar refractivity (Wildman–Crippen MR) is 135 cm³/mol. The Bertz CT molecular complexity index is 968. The summed E-state index contributed by atoms with van der Waals surface area (Å²) in [5.41, 5.74) is -1.87. The van der Waals surface area contributed by atoms with Crippen molar-refractivity contribution in [3.8, 4) is 0 Å². The largest absolute Gasteiger partial charge is 0.481 e. The Labute approximate surface area is 219 Å². The minimum absolute atomic E-state index is 0.00180. The molecule has 8 heteroatoms. The molecule has 7 nitrogen and oxygen atoms in total. The highest BCUT2D eigenvalue weighted by atomic mass is 35.5. The van der Waals surface area contributed by atoms with Gasteiger partial charge in [-0.2, -0.15) is 5.06 Å². The van der Waals surface area contributed by atoms with Crippen LogP contribution in [-0.2, 0) is 23.9 Å². The van der Waals surface area contributed by atoms with Crippen LogP contribution in [0.2, 0.25) is 0 Å². The van der Waals surface area contributed by atoms with Crippen molar-refractivity contribution < 1.29 is 29.0 Å². The molecule has 36 heavy (non-hydrogen) atoms. The number of aliphatic carboxylic acids is 1. The van der Waals surface area contributed by atoms with E-state index in [9.17, 15) is 14.7 Å². The third-order valence-electron chi connectivity index (χ3n) is 10.2. The van der Waals surface area contributed by atoms with E-state index >= 15 is 0 Å². The average molecular weight is 522 g/mol. The Morgan fingerprint density at radius 1 is 1.33 bits per heavy atom. The molecule has 4 bridgehead atoms. The molecule has 0 aromatic rings. The van der Waals surface area contributed by atoms with Gasteiger partial charge in [0.15, 0.2) is 6.29 Å². The number of nitrogens with zero attached hydrogens (tertiary/aromatic N) is 1. The number of allylic oxidation sites excluding steroid dienone is 1. The van der Waals surface area contributed by atoms with Gasteiger partial charge in [-0.25, -0.2) is 0 Å². The lowest BCUT2D eigenvalue weighted by atomic mass is 9.43. The Kier molecular flexibility index (Phi) is 6.73. The van der Waals surface area contributed by atoms with Crippen LogP contribution < -0.4 is 0 Å². The summed E-state index contributed by atoms with van der Waals surface area (Å²) in [5, 5.41) is 13.3. The van der Waals surface area contributed by atoms with E-state index in [2.05, 4.69) is 33.4 Å². The van der Waals surface area contributed by atoms with Crippen LogP contribution in [0, 0.1) is 45.8 Å². The van der Waals surface area contributed by atoms with Crippen LogP contribution in [0.1, 0.15) is 53.4 Å². The van der Waals surface area contributed by atoms with Gasteiger partial charge in [-0.3, -0.25) is 9.63 Å². The molecule has 5 rings (SSSR count). The summed E-state index contributed by atoms with van der Waals surface area (Å²) in [5.74, 6) is 0.0936. The number of hydrogen-bond acceptors (Lipinski definition) is 6. The summed E-state index contributed by atoms with van der Waals surface area (Å²) < 4.78 is 12.6. The molecule has 1 saturated heterocycles. The Balaban J connectivity index is 1.49. The lowest BCUT2D eigenvalue weighted by Crippen LogP contribution is -2.64. The van der Waals surface area contributed by atoms with Crippen molar-refractivity contribution in [2.24, 2.45) is 45.8 Å². The van der Waals surface area contributed by atoms with Gasteiger partial charge in [-0.1, -0.05) is 57.0 Å². The quantitative estimate of drug-likeness (QED) is 0.349. The van der Waals surface area contributed by atoms with Crippen LogP contribution in [0.15, 0.2) is 23.3 Å². The SMILES string of the molecule is C=C(Cl)CON1C[C@H](OC[C@@]23C[C@@H]4[C@H](C)CC[C@H]4[C@]4(C=O)C[C@@H]2C=C(C(C)C)[C@@]34C(=O)O)O[C@H](C)C1. The first kappa shape index (κ1) is 26.4. The Hall–Kier alpha value is -1.25. The maximum absolute atomic E-state index is 13.5. The van der Waals surface area contributed by atoms with E-state index in [1.165, 1.54) is 0 Å². The molecule has 0 spiro atoms. The van der Waals surface area contributed by atoms with Gasteiger partial charge in [-0.15, -0.1) is 0 Å². The Morgan fingerprint density at radius 3 is 2.72 bits per heavy atom. The molecule has 0 aromatic carbocycles. The second-order valence-electron chi connectivity index (χ2n) is 12.3. The van der Waals surface area contributed by atoms with Crippen molar-refractivity contribution in [2.75, 3.05) is 26.3 Å². The molecule has 3 saturated carbocycles. The highest BCUT2D eigenvalue weighted by Gasteiger charge is 2.84. The number of carboxylic acid groups (broad SMARTS) is 1. The molecule has 1 heterocycles. The van der Waals surface area contributed by atoms with Gasteiger partial charge in [0.2, 0.25) is 0 Å². The van der Waals surface area contributed by atoms with Crippen LogP contribution >= 0.6 is 11.6 Å². The number of fused-ring (bicyclic) bond motifs is 2. The molecule has 0 aromatic heterocycles. The topological polar surface area (TPSA) is 85.3 Å². The number of carbonyl (C=O) groups is 2. The highest BCUT2D eigenvalue weighted by Crippen LogP contribution is 2.82. The molecule has 1 aliphatic heterocycles. The molecule has 4 aliphatic carbocycles. The number of morpholine rings is 1. The number of ether oxygens (including phenoxy) is 2. The second kappa shape index (κ2) is 9.19. The number of aldehydes is 1. The Morgan fingerprint density at radius 2 is 2.08 bits per heavy atom. The van der Waals surface area contributed by atoms with Crippen LogP contribution in [0.25, 0.3) is 0 Å². The number of hydroxylamine groups is 2. The van der Waals surface area contributed by atoms with Gasteiger partial charge in [-0.05, 0) is 55.8 Å². The van der Waals surface area contributed by atoms with Gasteiger partial charge in [0, 0.05) is 10.4 Å². The van der Waals surface area contributed by atoms with Crippen LogP contribution in [0.3, 0.4) is 0 Å². The molecule has 0 amide bonds. The number of halogens is 1. The summed E-state index contributed by atoms with van der Waals surface area (Å²) in [6.45, 7) is 13.4. The minimum atomic E-state index is -1.24. The molecule has 9 atom stereocenters. The van der Waals surface area contributed by atoms with Gasteiger partial charge in [0.25, 0.3) is 0 Å². The van der Waals surface area contributed by atoms with E-state index in [0.717, 1.165) is 31.1 Å². The van der Waals surface area contributed by atoms with Crippen molar-refractivity contribution in [3.05, 3.63) is 23.3 Å². The molecular formula is C28H40ClNO6. The van der Waals surface area contributed by atoms with Crippen molar-refractivity contribution in [1.29, 1.82) is 0 Å². The summed E-state index contributed by atoms with van der Waals surface area (Å²) >= 11 is 5.88. The monoisotopic (exact) mass is 521 g/mol. The first-order valence-electron chi connectivity index (χ1n) is 13.4. The minimum Gasteiger partial charge on any atom is -0.481 e. The van der Waals surface area contributed by atoms with Crippen LogP contribution in [0.4, 0.5) is 0 Å². The normalized spacial score (nSPS) is 45.6. The van der Waals surface area contributed by atoms with Crippen LogP contribution in [-0.4, -0.2) is 61.1 Å². The van der Waals surface area contributed by atoms with Crippen molar-refractivity contribution in [2.45, 2.75) is 65.8 Å². The summed E-state index contributed by atoms with van der Waals surface area (Å²) in [6, 6.07) is 0. The molecular weight excluding hydrogens is 482 g/mol. The zero-order valence-corrected chi connectivity index (χ0v) is 22.6. The maximum atomic E-state index is 13.5. The molecule has 1 N–H and O–H groups in total. The fourth-order valence-electron chi connectivity index (χ4n) is 9.11. The van der Waals surface area contributed by atoms with Gasteiger partial charge in [0.05, 0.1) is 31.2 Å². The van der Waals surface area contributed by atoms with E-state index in [-0.39, 0.29) is 37.1 Å². The molecule has 5 aliphatic rings. The van der Waals surface area contributed by atoms with Crippen molar-refractivity contribution in [1.82, 2.24) is 5.06 Å². The smallest absolute Gasteiger partial charge is 0.315 e. The lowest BCUT2D eigenvalue weighted by Gasteiger charge is -2.58. The average Bonchev–Trinajstić information content (AvgIpc) is 3.38. The second-order valence-corrected chi connectivity index (χ2v) is 12.8. The zero-order chi connectivity index (χ0) is 26.0. The van der Waals surface area contributed by atoms with E-state index in [0.29, 0.717) is 36.4 Å².